The van der Waals surface area contributed by atoms with Crippen molar-refractivity contribution >= 4 is 0 Å². The van der Waals surface area contributed by atoms with Gasteiger partial charge in [0.05, 0.1) is 5.09 Å². The zero-order valence-electron chi connectivity index (χ0n) is 2.49. The Balaban J connectivity index is -0.0000000450. The number of hydrogen-bond acceptors (Lipinski definition) is 3. The van der Waals surface area contributed by atoms with Crippen LogP contribution in [0.25, 0.3) is 0 Å². The summed E-state index contributed by atoms with van der Waals surface area (Å²) >= 11 is 0. The van der Waals surface area contributed by atoms with Crippen molar-refractivity contribution in [3.05, 3.63) is 15.3 Å². The molecule has 6 heavy (non-hydrogen) atoms. The van der Waals surface area contributed by atoms with Crippen LogP contribution in [-0.4, -0.2) is 10.6 Å². The van der Waals surface area contributed by atoms with Crippen LogP contribution in [0.1, 0.15) is 0 Å². The SMILES string of the molecule is O.O=[N+]([O-])[O-].[Pd]. The third kappa shape index (κ3) is 965. The number of rotatable bonds is 0. The van der Waals surface area contributed by atoms with Gasteiger partial charge in [-0.2, -0.15) is 0 Å². The molecule has 2 N–H and O–H groups in total. The average Bonchev–Trinajstić information content (AvgIpc) is 0.811. The molecule has 0 rings (SSSR count). The van der Waals surface area contributed by atoms with Gasteiger partial charge in [-0.05, 0) is 0 Å². The van der Waals surface area contributed by atoms with Crippen LogP contribution in [0.2, 0.25) is 0 Å². The maximum absolute atomic E-state index is 8.25. The molecule has 0 amide bonds. The van der Waals surface area contributed by atoms with Gasteiger partial charge in [0.15, 0.2) is 0 Å². The largest absolute Gasteiger partial charge is 0.412 e. The first kappa shape index (κ1) is 17.0. The van der Waals surface area contributed by atoms with Crippen LogP contribution in [0, 0.1) is 15.3 Å². The van der Waals surface area contributed by atoms with E-state index in [1.807, 2.05) is 0 Å². The van der Waals surface area contributed by atoms with Crippen molar-refractivity contribution in [2.75, 3.05) is 0 Å². The maximum Gasteiger partial charge on any atom is 0.0689 e. The average molecular weight is 186 g/mol. The van der Waals surface area contributed by atoms with Crippen molar-refractivity contribution in [2.45, 2.75) is 0 Å². The van der Waals surface area contributed by atoms with E-state index in [0.29, 0.717) is 0 Å². The first-order valence-electron chi connectivity index (χ1n) is 0.548. The monoisotopic (exact) mass is 186 g/mol. The van der Waals surface area contributed by atoms with Crippen LogP contribution >= 0.6 is 0 Å². The molecule has 0 aliphatic rings. The van der Waals surface area contributed by atoms with Crippen LogP contribution in [-0.2, 0) is 20.4 Å². The van der Waals surface area contributed by atoms with E-state index in [1.54, 1.807) is 0 Å². The second-order valence-electron chi connectivity index (χ2n) is 0.224. The summed E-state index contributed by atoms with van der Waals surface area (Å²) in [5.74, 6) is 0. The molecule has 0 aromatic heterocycles. The van der Waals surface area contributed by atoms with Gasteiger partial charge in [-0.1, -0.05) is 0 Å². The van der Waals surface area contributed by atoms with E-state index < -0.39 is 5.09 Å². The summed E-state index contributed by atoms with van der Waals surface area (Å²) in [6.45, 7) is 0. The molecule has 0 aromatic carbocycles. The Morgan fingerprint density at radius 3 is 1.33 bits per heavy atom. The van der Waals surface area contributed by atoms with Crippen molar-refractivity contribution in [2.24, 2.45) is 0 Å². The molecule has 0 aliphatic heterocycles. The minimum Gasteiger partial charge on any atom is -0.412 e. The fourth-order valence-electron chi connectivity index (χ4n) is 0. The smallest absolute Gasteiger partial charge is 0.0689 e. The predicted octanol–water partition coefficient (Wildman–Crippen LogP) is -1.07. The Morgan fingerprint density at radius 2 is 1.33 bits per heavy atom. The van der Waals surface area contributed by atoms with Crippen LogP contribution in [0.5, 0.6) is 0 Å². The van der Waals surface area contributed by atoms with E-state index in [9.17, 15) is 0 Å². The molecule has 42 valence electrons. The van der Waals surface area contributed by atoms with E-state index in [4.69, 9.17) is 15.3 Å². The Labute approximate surface area is 47.0 Å². The summed E-state index contributed by atoms with van der Waals surface area (Å²) in [4.78, 5) is 8.25. The topological polar surface area (TPSA) is 97.7 Å². The van der Waals surface area contributed by atoms with Gasteiger partial charge in [-0.15, -0.1) is 0 Å². The summed E-state index contributed by atoms with van der Waals surface area (Å²) in [6.07, 6.45) is 0. The standard InChI is InChI=1S/NO3.H2O.Pd/c2-1(3)4;;/h;1H2;/q-1;;. The quantitative estimate of drug-likeness (QED) is 0.274. The van der Waals surface area contributed by atoms with Crippen LogP contribution in [0.15, 0.2) is 0 Å². The molecule has 0 aliphatic carbocycles. The summed E-state index contributed by atoms with van der Waals surface area (Å²) in [5.41, 5.74) is 0. The van der Waals surface area contributed by atoms with Crippen LogP contribution in [0.4, 0.5) is 0 Å². The van der Waals surface area contributed by atoms with Crippen molar-refractivity contribution in [3.63, 3.8) is 0 Å². The molecule has 0 bridgehead atoms. The zero-order chi connectivity index (χ0) is 3.58. The first-order chi connectivity index (χ1) is 1.73. The van der Waals surface area contributed by atoms with Crippen molar-refractivity contribution in [1.29, 1.82) is 0 Å². The van der Waals surface area contributed by atoms with Crippen LogP contribution in [0.3, 0.4) is 0 Å². The molecule has 0 spiro atoms. The molecule has 0 heterocycles. The van der Waals surface area contributed by atoms with E-state index in [1.165, 1.54) is 0 Å². The summed E-state index contributed by atoms with van der Waals surface area (Å²) < 4.78 is 0. The van der Waals surface area contributed by atoms with Gasteiger partial charge in [0.2, 0.25) is 0 Å². The molecule has 0 aromatic rings. The molecular formula is H2NO4Pd-. The molecular weight excluding hydrogens is 184 g/mol. The molecule has 0 radical (unpaired) electrons. The molecule has 0 saturated heterocycles. The molecule has 0 unspecified atom stereocenters. The molecule has 6 heteroatoms. The molecule has 0 fully saturated rings. The van der Waals surface area contributed by atoms with Crippen LogP contribution < -0.4 is 0 Å². The van der Waals surface area contributed by atoms with Gasteiger partial charge in [0, 0.05) is 20.4 Å². The summed E-state index contributed by atoms with van der Waals surface area (Å²) in [7, 11) is 0. The van der Waals surface area contributed by atoms with E-state index >= 15 is 0 Å². The predicted molar refractivity (Wildman–Crippen MR) is 14.0 cm³/mol. The Bertz CT molecular complexity index is 30.5. The number of nitrogens with zero attached hydrogens (tertiary/aromatic N) is 1. The van der Waals surface area contributed by atoms with Gasteiger partial charge in [0.25, 0.3) is 0 Å². The van der Waals surface area contributed by atoms with Gasteiger partial charge in [0.1, 0.15) is 0 Å². The summed E-state index contributed by atoms with van der Waals surface area (Å²) in [6, 6.07) is 0. The van der Waals surface area contributed by atoms with Gasteiger partial charge in [-0.3, -0.25) is 0 Å². The van der Waals surface area contributed by atoms with E-state index in [0.717, 1.165) is 0 Å². The molecule has 0 atom stereocenters. The Kier molecular flexibility index (Phi) is 25.1. The van der Waals surface area contributed by atoms with Gasteiger partial charge >= 0.3 is 0 Å². The van der Waals surface area contributed by atoms with Gasteiger partial charge in [-0.25, -0.2) is 0 Å². The minimum absolute atomic E-state index is 0. The second-order valence-corrected chi connectivity index (χ2v) is 0.224. The normalized spacial score (nSPS) is 4.00. The zero-order valence-corrected chi connectivity index (χ0v) is 4.04. The fraction of sp³-hybridized carbons (Fsp3) is 0. The third-order valence-electron chi connectivity index (χ3n) is 0. The van der Waals surface area contributed by atoms with Crippen molar-refractivity contribution in [3.8, 4) is 0 Å². The third-order valence-corrected chi connectivity index (χ3v) is 0. The number of hydrogen-bond donors (Lipinski definition) is 0. The Morgan fingerprint density at radius 1 is 1.33 bits per heavy atom. The molecule has 5 nitrogen and oxygen atoms in total. The Hall–Kier alpha value is -0.178. The van der Waals surface area contributed by atoms with E-state index in [2.05, 4.69) is 0 Å². The van der Waals surface area contributed by atoms with E-state index in [-0.39, 0.29) is 25.9 Å². The minimum atomic E-state index is -1.75. The molecule has 0 saturated carbocycles. The summed E-state index contributed by atoms with van der Waals surface area (Å²) in [5, 5.41) is 14.8. The maximum atomic E-state index is 8.25. The van der Waals surface area contributed by atoms with Gasteiger partial charge < -0.3 is 20.8 Å². The fourth-order valence-corrected chi connectivity index (χ4v) is 0. The second kappa shape index (κ2) is 8.84. The van der Waals surface area contributed by atoms with Crippen molar-refractivity contribution < 1.29 is 31.0 Å². The first-order valence-corrected chi connectivity index (χ1v) is 0.548. The van der Waals surface area contributed by atoms with Crippen molar-refractivity contribution in [1.82, 2.24) is 0 Å².